The average molecular weight is 359 g/mol. The van der Waals surface area contributed by atoms with E-state index in [9.17, 15) is 9.59 Å². The van der Waals surface area contributed by atoms with Crippen LogP contribution in [0.25, 0.3) is 0 Å². The minimum absolute atomic E-state index is 0.0962. The van der Waals surface area contributed by atoms with E-state index >= 15 is 0 Å². The van der Waals surface area contributed by atoms with Crippen LogP contribution in [0, 0.1) is 0 Å². The highest BCUT2D eigenvalue weighted by Crippen LogP contribution is 2.45. The van der Waals surface area contributed by atoms with Crippen molar-refractivity contribution in [2.75, 3.05) is 0 Å². The summed E-state index contributed by atoms with van der Waals surface area (Å²) in [7, 11) is 3.64. The summed E-state index contributed by atoms with van der Waals surface area (Å²) in [5, 5.41) is 0.685. The van der Waals surface area contributed by atoms with Gasteiger partial charge in [-0.05, 0) is 38.8 Å². The highest BCUT2D eigenvalue weighted by atomic mass is 33.1. The van der Waals surface area contributed by atoms with Gasteiger partial charge >= 0.3 is 0 Å². The number of benzene rings is 2. The van der Waals surface area contributed by atoms with E-state index < -0.39 is 0 Å². The Bertz CT molecular complexity index is 642. The second-order valence-corrected chi connectivity index (χ2v) is 8.79. The number of carbonyl (C=O) groups is 2. The van der Waals surface area contributed by atoms with Crippen LogP contribution in [0.3, 0.4) is 0 Å². The van der Waals surface area contributed by atoms with Crippen molar-refractivity contribution in [1.82, 2.24) is 0 Å². The minimum atomic E-state index is 0.0962. The maximum absolute atomic E-state index is 11.3. The molecule has 126 valence electrons. The first kappa shape index (κ1) is 18.8. The first-order valence-corrected chi connectivity index (χ1v) is 10.2. The zero-order chi connectivity index (χ0) is 17.7. The van der Waals surface area contributed by atoms with Gasteiger partial charge in [0.05, 0.1) is 0 Å². The summed E-state index contributed by atoms with van der Waals surface area (Å²) < 4.78 is 0. The molecule has 24 heavy (non-hydrogen) atoms. The van der Waals surface area contributed by atoms with Crippen LogP contribution in [-0.2, 0) is 0 Å². The van der Waals surface area contributed by atoms with E-state index in [0.29, 0.717) is 10.5 Å². The Hall–Kier alpha value is -1.52. The number of hydrogen-bond acceptors (Lipinski definition) is 4. The molecule has 0 saturated carbocycles. The van der Waals surface area contributed by atoms with Gasteiger partial charge in [0.15, 0.2) is 11.6 Å². The van der Waals surface area contributed by atoms with Crippen LogP contribution < -0.4 is 0 Å². The topological polar surface area (TPSA) is 34.1 Å². The van der Waals surface area contributed by atoms with Gasteiger partial charge in [0.1, 0.15) is 0 Å². The molecule has 0 N–H and O–H groups in total. The lowest BCUT2D eigenvalue weighted by atomic mass is 10.1. The van der Waals surface area contributed by atoms with Crippen molar-refractivity contribution in [2.45, 2.75) is 38.2 Å². The molecule has 0 aliphatic rings. The van der Waals surface area contributed by atoms with Crippen LogP contribution >= 0.6 is 21.6 Å². The van der Waals surface area contributed by atoms with Crippen LogP contribution in [-0.4, -0.2) is 11.6 Å². The summed E-state index contributed by atoms with van der Waals surface area (Å²) in [5.41, 5.74) is 3.94. The quantitative estimate of drug-likeness (QED) is 0.430. The molecule has 0 fully saturated rings. The van der Waals surface area contributed by atoms with Crippen LogP contribution in [0.15, 0.2) is 48.5 Å². The Morgan fingerprint density at radius 2 is 0.958 bits per heavy atom. The number of rotatable bonds is 7. The molecule has 0 saturated heterocycles. The fourth-order valence-corrected chi connectivity index (χ4v) is 4.79. The normalized spacial score (nSPS) is 13.3. The van der Waals surface area contributed by atoms with Crippen molar-refractivity contribution in [3.8, 4) is 0 Å². The molecule has 2 aromatic carbocycles. The summed E-state index contributed by atoms with van der Waals surface area (Å²) in [5.74, 6) is 0.192. The summed E-state index contributed by atoms with van der Waals surface area (Å²) in [6.07, 6.45) is 0. The smallest absolute Gasteiger partial charge is 0.159 e. The summed E-state index contributed by atoms with van der Waals surface area (Å²) in [4.78, 5) is 22.7. The maximum Gasteiger partial charge on any atom is 0.159 e. The molecule has 4 heteroatoms. The van der Waals surface area contributed by atoms with Crippen molar-refractivity contribution < 1.29 is 9.59 Å². The zero-order valence-corrected chi connectivity index (χ0v) is 16.0. The maximum atomic E-state index is 11.3. The molecule has 0 aromatic heterocycles. The first-order valence-electron chi connectivity index (χ1n) is 7.92. The van der Waals surface area contributed by atoms with Crippen LogP contribution in [0.4, 0.5) is 0 Å². The van der Waals surface area contributed by atoms with E-state index in [0.717, 1.165) is 11.1 Å². The van der Waals surface area contributed by atoms with Crippen molar-refractivity contribution in [2.24, 2.45) is 0 Å². The van der Waals surface area contributed by atoms with Gasteiger partial charge in [0.25, 0.3) is 0 Å². The highest BCUT2D eigenvalue weighted by Gasteiger charge is 2.12. The lowest BCUT2D eigenvalue weighted by Crippen LogP contribution is -1.95. The Balaban J connectivity index is 1.93. The van der Waals surface area contributed by atoms with Gasteiger partial charge < -0.3 is 0 Å². The summed E-state index contributed by atoms with van der Waals surface area (Å²) in [6.45, 7) is 7.52. The van der Waals surface area contributed by atoms with Gasteiger partial charge in [-0.15, -0.1) is 0 Å². The Kier molecular flexibility index (Phi) is 6.69. The molecule has 2 unspecified atom stereocenters. The lowest BCUT2D eigenvalue weighted by Gasteiger charge is -2.16. The predicted molar refractivity (Wildman–Crippen MR) is 105 cm³/mol. The van der Waals surface area contributed by atoms with Gasteiger partial charge in [-0.25, -0.2) is 0 Å². The molecule has 2 aromatic rings. The summed E-state index contributed by atoms with van der Waals surface area (Å²) >= 11 is 0. The molecule has 2 nitrogen and oxygen atoms in total. The molecule has 2 atom stereocenters. The van der Waals surface area contributed by atoms with Crippen molar-refractivity contribution in [3.63, 3.8) is 0 Å². The minimum Gasteiger partial charge on any atom is -0.295 e. The number of hydrogen-bond donors (Lipinski definition) is 0. The van der Waals surface area contributed by atoms with Crippen LogP contribution in [0.2, 0.25) is 0 Å². The molecular weight excluding hydrogens is 336 g/mol. The standard InChI is InChI=1S/C20H22O2S2/c1-13(21)17-5-9-19(10-6-17)15(3)23-24-16(4)20-11-7-18(8-12-20)14(2)22/h5-12,15-16H,1-4H3. The third-order valence-corrected chi connectivity index (χ3v) is 7.22. The van der Waals surface area contributed by atoms with Crippen molar-refractivity contribution in [3.05, 3.63) is 70.8 Å². The first-order chi connectivity index (χ1) is 11.4. The zero-order valence-electron chi connectivity index (χ0n) is 14.4. The SMILES string of the molecule is CC(=O)c1ccc(C(C)SSC(C)c2ccc(C(C)=O)cc2)cc1. The van der Waals surface area contributed by atoms with E-state index in [1.54, 1.807) is 13.8 Å². The Morgan fingerprint density at radius 3 is 1.21 bits per heavy atom. The van der Waals surface area contributed by atoms with Gasteiger partial charge in [-0.1, -0.05) is 70.1 Å². The average Bonchev–Trinajstić information content (AvgIpc) is 2.59. The van der Waals surface area contributed by atoms with E-state index in [2.05, 4.69) is 13.8 Å². The molecule has 0 spiro atoms. The second kappa shape index (κ2) is 8.54. The summed E-state index contributed by atoms with van der Waals surface area (Å²) in [6, 6.07) is 15.7. The molecule has 0 aliphatic carbocycles. The molecule has 2 rings (SSSR count). The molecule has 0 radical (unpaired) electrons. The predicted octanol–water partition coefficient (Wildman–Crippen LogP) is 6.30. The number of Topliss-reactive ketones (excluding diaryl/α,β-unsaturated/α-hetero) is 2. The van der Waals surface area contributed by atoms with E-state index in [1.807, 2.05) is 70.1 Å². The number of ketones is 2. The van der Waals surface area contributed by atoms with E-state index in [4.69, 9.17) is 0 Å². The van der Waals surface area contributed by atoms with Crippen LogP contribution in [0.5, 0.6) is 0 Å². The second-order valence-electron chi connectivity index (χ2n) is 5.83. The molecule has 0 aliphatic heterocycles. The fraction of sp³-hybridized carbons (Fsp3) is 0.300. The molecule has 0 heterocycles. The third kappa shape index (κ3) is 4.99. The highest BCUT2D eigenvalue weighted by molar-refractivity contribution is 8.76. The monoisotopic (exact) mass is 358 g/mol. The van der Waals surface area contributed by atoms with E-state index in [1.165, 1.54) is 11.1 Å². The third-order valence-electron chi connectivity index (χ3n) is 3.92. The van der Waals surface area contributed by atoms with Gasteiger partial charge in [-0.3, -0.25) is 9.59 Å². The van der Waals surface area contributed by atoms with Crippen molar-refractivity contribution in [1.29, 1.82) is 0 Å². The number of carbonyl (C=O) groups excluding carboxylic acids is 2. The lowest BCUT2D eigenvalue weighted by molar-refractivity contribution is 0.100. The largest absolute Gasteiger partial charge is 0.295 e. The molecule has 0 bridgehead atoms. The molecular formula is C20H22O2S2. The fourth-order valence-electron chi connectivity index (χ4n) is 2.26. The van der Waals surface area contributed by atoms with Gasteiger partial charge in [-0.2, -0.15) is 0 Å². The Morgan fingerprint density at radius 1 is 0.667 bits per heavy atom. The Labute approximate surface area is 151 Å². The van der Waals surface area contributed by atoms with Gasteiger partial charge in [0.2, 0.25) is 0 Å². The molecule has 0 amide bonds. The van der Waals surface area contributed by atoms with Crippen LogP contribution in [0.1, 0.15) is 70.0 Å². The van der Waals surface area contributed by atoms with Gasteiger partial charge in [0, 0.05) is 21.6 Å². The van der Waals surface area contributed by atoms with Crippen molar-refractivity contribution >= 4 is 33.2 Å². The van der Waals surface area contributed by atoms with E-state index in [-0.39, 0.29) is 11.6 Å².